The van der Waals surface area contributed by atoms with E-state index in [0.29, 0.717) is 30.2 Å². The molecule has 33 heavy (non-hydrogen) atoms. The predicted molar refractivity (Wildman–Crippen MR) is 111 cm³/mol. The lowest BCUT2D eigenvalue weighted by Crippen LogP contribution is -2.49. The molecular formula is C22H20F3N5O3. The van der Waals surface area contributed by atoms with Crippen molar-refractivity contribution in [3.63, 3.8) is 0 Å². The van der Waals surface area contributed by atoms with Gasteiger partial charge in [-0.1, -0.05) is 0 Å². The van der Waals surface area contributed by atoms with Crippen LogP contribution in [0.2, 0.25) is 0 Å². The minimum absolute atomic E-state index is 0.114. The molecular weight excluding hydrogens is 439 g/mol. The molecule has 0 aromatic carbocycles. The Bertz CT molecular complexity index is 1230. The van der Waals surface area contributed by atoms with E-state index < -0.39 is 17.8 Å². The first kappa shape index (κ1) is 21.5. The van der Waals surface area contributed by atoms with Crippen molar-refractivity contribution in [2.24, 2.45) is 0 Å². The molecule has 0 bridgehead atoms. The molecule has 5 rings (SSSR count). The van der Waals surface area contributed by atoms with Gasteiger partial charge in [-0.3, -0.25) is 9.78 Å². The van der Waals surface area contributed by atoms with Crippen molar-refractivity contribution in [3.8, 4) is 0 Å². The fraction of sp³-hybridized carbons (Fsp3) is 0.364. The van der Waals surface area contributed by atoms with Crippen LogP contribution in [0.5, 0.6) is 0 Å². The van der Waals surface area contributed by atoms with Crippen LogP contribution in [-0.4, -0.2) is 45.0 Å². The number of ether oxygens (including phenoxy) is 2. The van der Waals surface area contributed by atoms with Crippen LogP contribution in [0.25, 0.3) is 10.9 Å². The summed E-state index contributed by atoms with van der Waals surface area (Å²) in [6, 6.07) is 2.91. The summed E-state index contributed by atoms with van der Waals surface area (Å²) in [7, 11) is 0. The van der Waals surface area contributed by atoms with Crippen LogP contribution in [0.1, 0.15) is 45.8 Å². The van der Waals surface area contributed by atoms with Gasteiger partial charge < -0.3 is 20.1 Å². The average molecular weight is 459 g/mol. The van der Waals surface area contributed by atoms with Crippen LogP contribution in [-0.2, 0) is 28.9 Å². The first-order valence-electron chi connectivity index (χ1n) is 10.3. The zero-order valence-electron chi connectivity index (χ0n) is 17.6. The number of rotatable bonds is 2. The number of nitrogen functional groups attached to an aromatic ring is 1. The van der Waals surface area contributed by atoms with Crippen LogP contribution in [0.15, 0.2) is 30.6 Å². The quantitative estimate of drug-likeness (QED) is 0.627. The first-order chi connectivity index (χ1) is 15.7. The van der Waals surface area contributed by atoms with E-state index in [0.717, 1.165) is 28.8 Å². The third-order valence-corrected chi connectivity index (χ3v) is 5.97. The number of pyridine rings is 3. The third-order valence-electron chi connectivity index (χ3n) is 5.97. The highest BCUT2D eigenvalue weighted by molar-refractivity contribution is 5.97. The van der Waals surface area contributed by atoms with Gasteiger partial charge >= 0.3 is 6.18 Å². The van der Waals surface area contributed by atoms with E-state index in [1.807, 2.05) is 6.92 Å². The molecule has 0 saturated carbocycles. The Morgan fingerprint density at radius 2 is 1.91 bits per heavy atom. The van der Waals surface area contributed by atoms with Crippen LogP contribution in [0.4, 0.5) is 19.0 Å². The SMILES string of the molecule is C[C@H]1COC[C@@H](c2ccc(C(F)(F)F)cn2)N1C(=O)c1cc2c3c(c(N)nc2cn1)COC3. The zero-order valence-corrected chi connectivity index (χ0v) is 17.6. The maximum absolute atomic E-state index is 13.6. The van der Waals surface area contributed by atoms with Gasteiger partial charge in [-0.25, -0.2) is 9.97 Å². The van der Waals surface area contributed by atoms with Gasteiger partial charge in [-0.15, -0.1) is 0 Å². The maximum atomic E-state index is 13.6. The molecule has 0 spiro atoms. The first-order valence-corrected chi connectivity index (χ1v) is 10.3. The normalized spacial score (nSPS) is 20.8. The fourth-order valence-electron chi connectivity index (χ4n) is 4.28. The molecule has 2 N–H and O–H groups in total. The zero-order chi connectivity index (χ0) is 23.3. The van der Waals surface area contributed by atoms with Gasteiger partial charge in [0.1, 0.15) is 11.5 Å². The second-order valence-corrected chi connectivity index (χ2v) is 8.12. The maximum Gasteiger partial charge on any atom is 0.417 e. The Kier molecular flexibility index (Phi) is 5.17. The number of hydrogen-bond acceptors (Lipinski definition) is 7. The molecule has 2 aliphatic rings. The fourth-order valence-corrected chi connectivity index (χ4v) is 4.28. The van der Waals surface area contributed by atoms with Crippen molar-refractivity contribution < 1.29 is 27.4 Å². The number of aromatic nitrogens is 3. The highest BCUT2D eigenvalue weighted by Crippen LogP contribution is 2.34. The van der Waals surface area contributed by atoms with Crippen molar-refractivity contribution in [1.82, 2.24) is 19.9 Å². The number of nitrogens with two attached hydrogens (primary N) is 1. The van der Waals surface area contributed by atoms with Gasteiger partial charge in [0.15, 0.2) is 0 Å². The van der Waals surface area contributed by atoms with Crippen molar-refractivity contribution in [1.29, 1.82) is 0 Å². The summed E-state index contributed by atoms with van der Waals surface area (Å²) in [6.07, 6.45) is -2.23. The molecule has 2 atom stereocenters. The summed E-state index contributed by atoms with van der Waals surface area (Å²) in [6.45, 7) is 2.93. The lowest BCUT2D eigenvalue weighted by Gasteiger charge is -2.40. The number of carbonyl (C=O) groups is 1. The Labute approximate surface area is 186 Å². The minimum atomic E-state index is -4.49. The van der Waals surface area contributed by atoms with E-state index in [1.54, 1.807) is 11.0 Å². The monoisotopic (exact) mass is 459 g/mol. The number of halogens is 3. The number of morpholine rings is 1. The highest BCUT2D eigenvalue weighted by atomic mass is 19.4. The molecule has 1 amide bonds. The second-order valence-electron chi connectivity index (χ2n) is 8.12. The summed E-state index contributed by atoms with van der Waals surface area (Å²) in [5.74, 6) is 0.00927. The van der Waals surface area contributed by atoms with Crippen molar-refractivity contribution in [2.45, 2.75) is 38.4 Å². The van der Waals surface area contributed by atoms with E-state index in [4.69, 9.17) is 15.2 Å². The van der Waals surface area contributed by atoms with Crippen molar-refractivity contribution in [2.75, 3.05) is 18.9 Å². The number of amides is 1. The molecule has 1 saturated heterocycles. The van der Waals surface area contributed by atoms with Gasteiger partial charge in [-0.05, 0) is 30.7 Å². The van der Waals surface area contributed by atoms with Gasteiger partial charge in [-0.2, -0.15) is 13.2 Å². The minimum Gasteiger partial charge on any atom is -0.383 e. The lowest BCUT2D eigenvalue weighted by atomic mass is 10.0. The van der Waals surface area contributed by atoms with Gasteiger partial charge in [0.25, 0.3) is 5.91 Å². The number of carbonyl (C=O) groups excluding carboxylic acids is 1. The average Bonchev–Trinajstić information content (AvgIpc) is 3.29. The standard InChI is InChI=1S/C22H20F3N5O3/c1-11-7-32-10-19(16-3-2-12(5-27-16)22(23,24)25)30(11)21(31)17-4-13-14-8-33-9-15(14)20(26)29-18(13)6-28-17/h2-6,11,19H,7-10H2,1H3,(H2,26,29)/t11-,19-/m0/s1. The summed E-state index contributed by atoms with van der Waals surface area (Å²) in [4.78, 5) is 27.8. The summed E-state index contributed by atoms with van der Waals surface area (Å²) in [5.41, 5.74) is 7.90. The Hall–Kier alpha value is -3.31. The number of hydrogen-bond donors (Lipinski definition) is 1. The van der Waals surface area contributed by atoms with Gasteiger partial charge in [0.2, 0.25) is 0 Å². The molecule has 3 aromatic rings. The number of alkyl halides is 3. The van der Waals surface area contributed by atoms with Crippen LogP contribution >= 0.6 is 0 Å². The van der Waals surface area contributed by atoms with Crippen LogP contribution < -0.4 is 5.73 Å². The van der Waals surface area contributed by atoms with E-state index >= 15 is 0 Å². The molecule has 8 nitrogen and oxygen atoms in total. The molecule has 0 radical (unpaired) electrons. The Balaban J connectivity index is 1.51. The number of anilines is 1. The molecule has 5 heterocycles. The molecule has 11 heteroatoms. The number of fused-ring (bicyclic) bond motifs is 3. The van der Waals surface area contributed by atoms with E-state index in [-0.39, 0.29) is 30.9 Å². The van der Waals surface area contributed by atoms with E-state index in [2.05, 4.69) is 15.0 Å². The van der Waals surface area contributed by atoms with Crippen LogP contribution in [0.3, 0.4) is 0 Å². The van der Waals surface area contributed by atoms with Crippen molar-refractivity contribution >= 4 is 22.6 Å². The largest absolute Gasteiger partial charge is 0.417 e. The van der Waals surface area contributed by atoms with Gasteiger partial charge in [0, 0.05) is 17.1 Å². The third kappa shape index (κ3) is 3.76. The second kappa shape index (κ2) is 7.92. The topological polar surface area (TPSA) is 103 Å². The molecule has 172 valence electrons. The molecule has 1 fully saturated rings. The summed E-state index contributed by atoms with van der Waals surface area (Å²) >= 11 is 0. The summed E-state index contributed by atoms with van der Waals surface area (Å²) in [5, 5.41) is 0.736. The Morgan fingerprint density at radius 3 is 2.64 bits per heavy atom. The van der Waals surface area contributed by atoms with Crippen LogP contribution in [0, 0.1) is 0 Å². The molecule has 0 aliphatic carbocycles. The Morgan fingerprint density at radius 1 is 1.12 bits per heavy atom. The molecule has 3 aromatic heterocycles. The van der Waals surface area contributed by atoms with E-state index in [1.165, 1.54) is 12.3 Å². The smallest absolute Gasteiger partial charge is 0.383 e. The molecule has 2 aliphatic heterocycles. The van der Waals surface area contributed by atoms with E-state index in [9.17, 15) is 18.0 Å². The highest BCUT2D eigenvalue weighted by Gasteiger charge is 2.37. The molecule has 0 unspecified atom stereocenters. The van der Waals surface area contributed by atoms with Gasteiger partial charge in [0.05, 0.1) is 61.5 Å². The van der Waals surface area contributed by atoms with Crippen molar-refractivity contribution in [3.05, 3.63) is 58.7 Å². The predicted octanol–water partition coefficient (Wildman–Crippen LogP) is 3.26. The lowest BCUT2D eigenvalue weighted by molar-refractivity contribution is -0.137. The summed E-state index contributed by atoms with van der Waals surface area (Å²) < 4.78 is 49.9. The number of nitrogens with zero attached hydrogens (tertiary/aromatic N) is 4.